The number of amides is 1. The van der Waals surface area contributed by atoms with E-state index in [1.54, 1.807) is 18.2 Å². The summed E-state index contributed by atoms with van der Waals surface area (Å²) in [4.78, 5) is 21.3. The number of unbranched alkanes of at least 4 members (excludes halogenated alkanes) is 1. The fraction of sp³-hybridized carbons (Fsp3) is 0.385. The average Bonchev–Trinajstić information content (AvgIpc) is 2.33. The van der Waals surface area contributed by atoms with E-state index < -0.39 is 5.97 Å². The molecule has 0 aliphatic heterocycles. The van der Waals surface area contributed by atoms with Gasteiger partial charge >= 0.3 is 5.97 Å². The van der Waals surface area contributed by atoms with Gasteiger partial charge in [-0.3, -0.25) is 4.79 Å². The van der Waals surface area contributed by atoms with Crippen LogP contribution in [0.5, 0.6) is 0 Å². The summed E-state index contributed by atoms with van der Waals surface area (Å²) in [5.74, 6) is -1.19. The van der Waals surface area contributed by atoms with Gasteiger partial charge < -0.3 is 16.2 Å². The molecule has 0 bridgehead atoms. The third-order valence-corrected chi connectivity index (χ3v) is 2.53. The van der Waals surface area contributed by atoms with Gasteiger partial charge in [0.15, 0.2) is 0 Å². The van der Waals surface area contributed by atoms with Gasteiger partial charge in [0.1, 0.15) is 0 Å². The zero-order chi connectivity index (χ0) is 13.4. The van der Waals surface area contributed by atoms with Gasteiger partial charge in [-0.1, -0.05) is 12.1 Å². The molecule has 0 saturated heterocycles. The third kappa shape index (κ3) is 5.45. The molecule has 0 atom stereocenters. The van der Waals surface area contributed by atoms with Crippen molar-refractivity contribution >= 4 is 11.9 Å². The van der Waals surface area contributed by atoms with Crippen molar-refractivity contribution in [1.82, 2.24) is 5.32 Å². The molecule has 0 heterocycles. The molecular weight excluding hydrogens is 232 g/mol. The van der Waals surface area contributed by atoms with Gasteiger partial charge in [-0.2, -0.15) is 0 Å². The Kier molecular flexibility index (Phi) is 5.87. The predicted molar refractivity (Wildman–Crippen MR) is 68.2 cm³/mol. The Morgan fingerprint density at radius 2 is 2.06 bits per heavy atom. The molecule has 0 saturated carbocycles. The second kappa shape index (κ2) is 7.45. The number of hydrogen-bond donors (Lipinski definition) is 3. The van der Waals surface area contributed by atoms with Gasteiger partial charge in [-0.25, -0.2) is 4.79 Å². The molecule has 0 spiro atoms. The van der Waals surface area contributed by atoms with Crippen LogP contribution in [0, 0.1) is 0 Å². The Balaban J connectivity index is 2.25. The number of nitrogens with two attached hydrogens (primary N) is 1. The third-order valence-electron chi connectivity index (χ3n) is 2.53. The Morgan fingerprint density at radius 3 is 2.72 bits per heavy atom. The maximum atomic E-state index is 10.8. The van der Waals surface area contributed by atoms with Crippen molar-refractivity contribution in [3.63, 3.8) is 0 Å². The molecule has 5 nitrogen and oxygen atoms in total. The van der Waals surface area contributed by atoms with Crippen LogP contribution in [-0.2, 0) is 11.3 Å². The number of hydrogen-bond acceptors (Lipinski definition) is 3. The van der Waals surface area contributed by atoms with E-state index in [4.69, 9.17) is 10.8 Å². The number of benzene rings is 1. The van der Waals surface area contributed by atoms with Gasteiger partial charge in [-0.05, 0) is 37.1 Å². The van der Waals surface area contributed by atoms with Crippen LogP contribution in [0.1, 0.15) is 35.2 Å². The van der Waals surface area contributed by atoms with Crippen LogP contribution in [-0.4, -0.2) is 23.5 Å². The first-order valence-electron chi connectivity index (χ1n) is 5.91. The maximum Gasteiger partial charge on any atom is 0.335 e. The first kappa shape index (κ1) is 14.2. The minimum absolute atomic E-state index is 0.274. The minimum atomic E-state index is -0.918. The van der Waals surface area contributed by atoms with Crippen LogP contribution in [0.2, 0.25) is 0 Å². The number of nitrogens with one attached hydrogen (secondary N) is 1. The fourth-order valence-electron chi connectivity index (χ4n) is 1.60. The first-order chi connectivity index (χ1) is 8.59. The van der Waals surface area contributed by atoms with E-state index in [-0.39, 0.29) is 5.91 Å². The highest BCUT2D eigenvalue weighted by molar-refractivity contribution is 5.87. The molecule has 0 unspecified atom stereocenters. The highest BCUT2D eigenvalue weighted by Gasteiger charge is 2.02. The molecule has 1 rings (SSSR count). The highest BCUT2D eigenvalue weighted by atomic mass is 16.4. The lowest BCUT2D eigenvalue weighted by Gasteiger charge is -2.05. The van der Waals surface area contributed by atoms with E-state index >= 15 is 0 Å². The highest BCUT2D eigenvalue weighted by Crippen LogP contribution is 2.05. The molecule has 0 radical (unpaired) electrons. The summed E-state index contributed by atoms with van der Waals surface area (Å²) in [6.45, 7) is 1.41. The number of carboxylic acids is 1. The second-order valence-corrected chi connectivity index (χ2v) is 4.11. The van der Waals surface area contributed by atoms with Gasteiger partial charge in [-0.15, -0.1) is 0 Å². The smallest absolute Gasteiger partial charge is 0.335 e. The zero-order valence-corrected chi connectivity index (χ0v) is 10.2. The number of aromatic carboxylic acids is 1. The maximum absolute atomic E-state index is 10.8. The monoisotopic (exact) mass is 250 g/mol. The fourth-order valence-corrected chi connectivity index (χ4v) is 1.60. The topological polar surface area (TPSA) is 92.4 Å². The van der Waals surface area contributed by atoms with E-state index in [0.29, 0.717) is 18.5 Å². The molecular formula is C13H18N2O3. The summed E-state index contributed by atoms with van der Waals surface area (Å²) in [6, 6.07) is 6.83. The lowest BCUT2D eigenvalue weighted by atomic mass is 10.1. The zero-order valence-electron chi connectivity index (χ0n) is 10.2. The van der Waals surface area contributed by atoms with Gasteiger partial charge in [0.25, 0.3) is 0 Å². The predicted octanol–water partition coefficient (Wildman–Crippen LogP) is 1.13. The van der Waals surface area contributed by atoms with Crippen molar-refractivity contribution in [1.29, 1.82) is 0 Å². The van der Waals surface area contributed by atoms with Crippen LogP contribution >= 0.6 is 0 Å². The standard InChI is InChI=1S/C13H18N2O3/c14-12(16)6-1-2-7-15-9-10-4-3-5-11(8-10)13(17)18/h3-5,8,15H,1-2,6-7,9H2,(H2,14,16)(H,17,18). The van der Waals surface area contributed by atoms with Gasteiger partial charge in [0.05, 0.1) is 5.56 Å². The molecule has 1 aromatic rings. The van der Waals surface area contributed by atoms with Crippen molar-refractivity contribution in [2.45, 2.75) is 25.8 Å². The summed E-state index contributed by atoms with van der Waals surface area (Å²) >= 11 is 0. The first-order valence-corrected chi connectivity index (χ1v) is 5.91. The van der Waals surface area contributed by atoms with Crippen LogP contribution in [0.3, 0.4) is 0 Å². The van der Waals surface area contributed by atoms with Gasteiger partial charge in [0.2, 0.25) is 5.91 Å². The Morgan fingerprint density at radius 1 is 1.28 bits per heavy atom. The molecule has 0 aliphatic carbocycles. The van der Waals surface area contributed by atoms with Crippen LogP contribution in [0.15, 0.2) is 24.3 Å². The van der Waals surface area contributed by atoms with Crippen molar-refractivity contribution in [3.8, 4) is 0 Å². The molecule has 98 valence electrons. The molecule has 18 heavy (non-hydrogen) atoms. The lowest BCUT2D eigenvalue weighted by Crippen LogP contribution is -2.16. The van der Waals surface area contributed by atoms with E-state index in [2.05, 4.69) is 5.32 Å². The van der Waals surface area contributed by atoms with Crippen LogP contribution in [0.4, 0.5) is 0 Å². The van der Waals surface area contributed by atoms with E-state index in [9.17, 15) is 9.59 Å². The number of rotatable bonds is 8. The number of primary amides is 1. The van der Waals surface area contributed by atoms with Gasteiger partial charge in [0, 0.05) is 13.0 Å². The summed E-state index contributed by atoms with van der Waals surface area (Å²) in [7, 11) is 0. The normalized spacial score (nSPS) is 10.2. The Labute approximate surface area is 106 Å². The number of carbonyl (C=O) groups excluding carboxylic acids is 1. The molecule has 0 aliphatic rings. The van der Waals surface area contributed by atoms with Crippen LogP contribution < -0.4 is 11.1 Å². The average molecular weight is 250 g/mol. The molecule has 1 amide bonds. The van der Waals surface area contributed by atoms with E-state index in [1.165, 1.54) is 0 Å². The van der Waals surface area contributed by atoms with E-state index in [0.717, 1.165) is 24.9 Å². The lowest BCUT2D eigenvalue weighted by molar-refractivity contribution is -0.118. The molecule has 0 aromatic heterocycles. The summed E-state index contributed by atoms with van der Waals surface area (Å²) < 4.78 is 0. The van der Waals surface area contributed by atoms with Crippen LogP contribution in [0.25, 0.3) is 0 Å². The molecule has 1 aromatic carbocycles. The minimum Gasteiger partial charge on any atom is -0.478 e. The molecule has 5 heteroatoms. The SMILES string of the molecule is NC(=O)CCCCNCc1cccc(C(=O)O)c1. The number of carbonyl (C=O) groups is 2. The Hall–Kier alpha value is -1.88. The summed E-state index contributed by atoms with van der Waals surface area (Å²) in [5, 5.41) is 12.0. The Bertz CT molecular complexity index is 418. The molecule has 0 fully saturated rings. The van der Waals surface area contributed by atoms with Crippen molar-refractivity contribution in [2.24, 2.45) is 5.73 Å². The second-order valence-electron chi connectivity index (χ2n) is 4.11. The number of carboxylic acid groups (broad SMARTS) is 1. The largest absolute Gasteiger partial charge is 0.478 e. The quantitative estimate of drug-likeness (QED) is 0.603. The van der Waals surface area contributed by atoms with Crippen molar-refractivity contribution in [2.75, 3.05) is 6.54 Å². The summed E-state index contributed by atoms with van der Waals surface area (Å²) in [6.07, 6.45) is 2.06. The molecule has 4 N–H and O–H groups in total. The van der Waals surface area contributed by atoms with Crippen molar-refractivity contribution in [3.05, 3.63) is 35.4 Å². The van der Waals surface area contributed by atoms with Crippen molar-refractivity contribution < 1.29 is 14.7 Å². The van der Waals surface area contributed by atoms with E-state index in [1.807, 2.05) is 6.07 Å². The summed E-state index contributed by atoms with van der Waals surface area (Å²) in [5.41, 5.74) is 6.26.